The van der Waals surface area contributed by atoms with E-state index < -0.39 is 0 Å². The van der Waals surface area contributed by atoms with Gasteiger partial charge in [0.25, 0.3) is 5.91 Å². The Labute approximate surface area is 206 Å². The first-order valence-corrected chi connectivity index (χ1v) is 12.3. The summed E-state index contributed by atoms with van der Waals surface area (Å²) in [6, 6.07) is 16.5. The molecule has 1 amide bonds. The Balaban J connectivity index is 1.21. The molecule has 0 unspecified atom stereocenters. The molecule has 35 heavy (non-hydrogen) atoms. The fraction of sp³-hybridized carbons (Fsp3) is 0.370. The molecule has 3 aliphatic rings. The lowest BCUT2D eigenvalue weighted by Crippen LogP contribution is -2.45. The number of aromatic nitrogens is 2. The van der Waals surface area contributed by atoms with Crippen molar-refractivity contribution < 1.29 is 4.79 Å². The number of nitrogens with zero attached hydrogens (tertiary/aromatic N) is 6. The maximum absolute atomic E-state index is 13.3. The number of benzene rings is 2. The molecule has 3 aromatic rings. The van der Waals surface area contributed by atoms with Crippen LogP contribution in [0.5, 0.6) is 0 Å². The van der Waals surface area contributed by atoms with Gasteiger partial charge in [0.1, 0.15) is 11.6 Å². The summed E-state index contributed by atoms with van der Waals surface area (Å²) in [5.41, 5.74) is 11.8. The van der Waals surface area contributed by atoms with Gasteiger partial charge in [-0.15, -0.1) is 0 Å². The highest BCUT2D eigenvalue weighted by molar-refractivity contribution is 5.95. The molecule has 1 aromatic heterocycles. The summed E-state index contributed by atoms with van der Waals surface area (Å²) in [6.07, 6.45) is 0.909. The molecular formula is C27H31N7O. The molecule has 1 saturated heterocycles. The zero-order chi connectivity index (χ0) is 23.9. The minimum absolute atomic E-state index is 0.0877. The second kappa shape index (κ2) is 8.85. The van der Waals surface area contributed by atoms with Gasteiger partial charge in [-0.1, -0.05) is 30.3 Å². The molecule has 6 rings (SSSR count). The summed E-state index contributed by atoms with van der Waals surface area (Å²) >= 11 is 0. The number of hydrogen-bond donors (Lipinski definition) is 1. The molecule has 2 aromatic carbocycles. The monoisotopic (exact) mass is 469 g/mol. The third kappa shape index (κ3) is 4.30. The third-order valence-electron chi connectivity index (χ3n) is 7.46. The molecule has 2 N–H and O–H groups in total. The number of anilines is 3. The quantitative estimate of drug-likeness (QED) is 0.631. The Kier molecular flexibility index (Phi) is 5.53. The molecule has 4 heterocycles. The van der Waals surface area contributed by atoms with E-state index >= 15 is 0 Å². The number of rotatable bonds is 3. The van der Waals surface area contributed by atoms with Crippen LogP contribution in [0.15, 0.2) is 48.5 Å². The average Bonchev–Trinajstić information content (AvgIpc) is 3.32. The normalized spacial score (nSPS) is 17.9. The van der Waals surface area contributed by atoms with Crippen molar-refractivity contribution in [3.8, 4) is 0 Å². The fourth-order valence-electron chi connectivity index (χ4n) is 5.34. The second-order valence-electron chi connectivity index (χ2n) is 9.82. The highest BCUT2D eigenvalue weighted by atomic mass is 16.2. The predicted octanol–water partition coefficient (Wildman–Crippen LogP) is 2.53. The maximum atomic E-state index is 13.3. The SMILES string of the molecule is CN1CCN(c2cc(N3CCc4ccc(C(=O)N5Cc6ccccc6C5)cc4C3)nc(N)n2)CC1. The molecule has 3 aliphatic heterocycles. The zero-order valence-corrected chi connectivity index (χ0v) is 20.2. The van der Waals surface area contributed by atoms with Crippen molar-refractivity contribution >= 4 is 23.5 Å². The van der Waals surface area contributed by atoms with E-state index in [1.165, 1.54) is 22.3 Å². The van der Waals surface area contributed by atoms with Gasteiger partial charge in [0, 0.05) is 64.0 Å². The number of carbonyl (C=O) groups is 1. The van der Waals surface area contributed by atoms with E-state index in [0.29, 0.717) is 25.6 Å². The number of carbonyl (C=O) groups excluding carboxylic acids is 1. The van der Waals surface area contributed by atoms with Gasteiger partial charge in [-0.05, 0) is 47.9 Å². The van der Waals surface area contributed by atoms with Crippen molar-refractivity contribution in [2.24, 2.45) is 0 Å². The lowest BCUT2D eigenvalue weighted by atomic mass is 9.97. The van der Waals surface area contributed by atoms with Crippen LogP contribution in [0.1, 0.15) is 32.6 Å². The van der Waals surface area contributed by atoms with E-state index in [0.717, 1.165) is 56.3 Å². The molecule has 8 nitrogen and oxygen atoms in total. The van der Waals surface area contributed by atoms with Crippen LogP contribution in [0.2, 0.25) is 0 Å². The number of likely N-dealkylation sites (N-methyl/N-ethyl adjacent to an activating group) is 1. The lowest BCUT2D eigenvalue weighted by molar-refractivity contribution is 0.0751. The third-order valence-corrected chi connectivity index (χ3v) is 7.46. The Morgan fingerprint density at radius 3 is 2.17 bits per heavy atom. The molecule has 0 radical (unpaired) electrons. The number of fused-ring (bicyclic) bond motifs is 2. The zero-order valence-electron chi connectivity index (χ0n) is 20.2. The smallest absolute Gasteiger partial charge is 0.254 e. The van der Waals surface area contributed by atoms with Crippen LogP contribution in [0.3, 0.4) is 0 Å². The van der Waals surface area contributed by atoms with E-state index in [4.69, 9.17) is 5.73 Å². The van der Waals surface area contributed by atoms with E-state index in [1.54, 1.807) is 0 Å². The van der Waals surface area contributed by atoms with Gasteiger partial charge in [-0.2, -0.15) is 9.97 Å². The standard InChI is InChI=1S/C27H31N7O/c1-31-10-12-32(13-11-31)24-15-25(30-27(28)29-24)33-9-8-19-6-7-20(14-23(19)18-33)26(35)34-16-21-4-2-3-5-22(21)17-34/h2-7,14-15H,8-13,16-18H2,1H3,(H2,28,29,30). The topological polar surface area (TPSA) is 81.8 Å². The van der Waals surface area contributed by atoms with E-state index in [-0.39, 0.29) is 5.91 Å². The van der Waals surface area contributed by atoms with Crippen LogP contribution in [0.25, 0.3) is 0 Å². The number of nitrogens with two attached hydrogens (primary N) is 1. The Morgan fingerprint density at radius 1 is 0.771 bits per heavy atom. The van der Waals surface area contributed by atoms with Crippen molar-refractivity contribution in [1.29, 1.82) is 0 Å². The van der Waals surface area contributed by atoms with E-state index in [2.05, 4.69) is 62.0 Å². The van der Waals surface area contributed by atoms with Crippen LogP contribution < -0.4 is 15.5 Å². The Hall–Kier alpha value is -3.65. The molecule has 0 saturated carbocycles. The van der Waals surface area contributed by atoms with Gasteiger partial charge in [0.2, 0.25) is 5.95 Å². The van der Waals surface area contributed by atoms with E-state index in [1.807, 2.05) is 23.1 Å². The summed E-state index contributed by atoms with van der Waals surface area (Å²) < 4.78 is 0. The Bertz CT molecular complexity index is 1240. The summed E-state index contributed by atoms with van der Waals surface area (Å²) in [5.74, 6) is 2.14. The number of amides is 1. The van der Waals surface area contributed by atoms with Crippen LogP contribution in [-0.2, 0) is 26.1 Å². The first kappa shape index (κ1) is 21.9. The summed E-state index contributed by atoms with van der Waals surface area (Å²) in [5, 5.41) is 0. The molecule has 8 heteroatoms. The van der Waals surface area contributed by atoms with Gasteiger partial charge < -0.3 is 25.3 Å². The molecule has 180 valence electrons. The predicted molar refractivity (Wildman–Crippen MR) is 137 cm³/mol. The van der Waals surface area contributed by atoms with Crippen molar-refractivity contribution in [3.05, 3.63) is 76.3 Å². The first-order chi connectivity index (χ1) is 17.0. The van der Waals surface area contributed by atoms with Crippen molar-refractivity contribution in [1.82, 2.24) is 19.8 Å². The van der Waals surface area contributed by atoms with Crippen LogP contribution >= 0.6 is 0 Å². The average molecular weight is 470 g/mol. The van der Waals surface area contributed by atoms with Gasteiger partial charge >= 0.3 is 0 Å². The molecule has 1 fully saturated rings. The molecule has 0 aliphatic carbocycles. The van der Waals surface area contributed by atoms with Gasteiger partial charge in [-0.25, -0.2) is 0 Å². The van der Waals surface area contributed by atoms with Crippen molar-refractivity contribution in [2.75, 3.05) is 55.3 Å². The largest absolute Gasteiger partial charge is 0.368 e. The molecule has 0 spiro atoms. The lowest BCUT2D eigenvalue weighted by Gasteiger charge is -2.34. The second-order valence-corrected chi connectivity index (χ2v) is 9.82. The summed E-state index contributed by atoms with van der Waals surface area (Å²) in [6.45, 7) is 6.79. The number of piperazine rings is 1. The minimum Gasteiger partial charge on any atom is -0.368 e. The number of hydrogen-bond acceptors (Lipinski definition) is 7. The van der Waals surface area contributed by atoms with Gasteiger partial charge in [0.05, 0.1) is 0 Å². The molecular weight excluding hydrogens is 438 g/mol. The number of nitrogen functional groups attached to an aromatic ring is 1. The van der Waals surface area contributed by atoms with Crippen molar-refractivity contribution in [2.45, 2.75) is 26.1 Å². The first-order valence-electron chi connectivity index (χ1n) is 12.3. The highest BCUT2D eigenvalue weighted by Gasteiger charge is 2.26. The van der Waals surface area contributed by atoms with Crippen molar-refractivity contribution in [3.63, 3.8) is 0 Å². The van der Waals surface area contributed by atoms with Crippen LogP contribution in [0.4, 0.5) is 17.6 Å². The van der Waals surface area contributed by atoms with Gasteiger partial charge in [0.15, 0.2) is 0 Å². The van der Waals surface area contributed by atoms with Crippen LogP contribution in [0, 0.1) is 0 Å². The van der Waals surface area contributed by atoms with Crippen LogP contribution in [-0.4, -0.2) is 65.4 Å². The van der Waals surface area contributed by atoms with E-state index in [9.17, 15) is 4.79 Å². The Morgan fingerprint density at radius 2 is 1.46 bits per heavy atom. The summed E-state index contributed by atoms with van der Waals surface area (Å²) in [7, 11) is 2.14. The van der Waals surface area contributed by atoms with Gasteiger partial charge in [-0.3, -0.25) is 4.79 Å². The minimum atomic E-state index is 0.0877. The molecule has 0 atom stereocenters. The highest BCUT2D eigenvalue weighted by Crippen LogP contribution is 2.29. The molecule has 0 bridgehead atoms. The fourth-order valence-corrected chi connectivity index (χ4v) is 5.34. The maximum Gasteiger partial charge on any atom is 0.254 e. The summed E-state index contributed by atoms with van der Waals surface area (Å²) in [4.78, 5) is 31.2.